The Morgan fingerprint density at radius 1 is 1.12 bits per heavy atom. The minimum absolute atomic E-state index is 0.00977. The predicted octanol–water partition coefficient (Wildman–Crippen LogP) is 3.19. The van der Waals surface area contributed by atoms with Gasteiger partial charge in [0.05, 0.1) is 19.7 Å². The average Bonchev–Trinajstić information content (AvgIpc) is 2.49. The van der Waals surface area contributed by atoms with E-state index in [-0.39, 0.29) is 12.2 Å². The van der Waals surface area contributed by atoms with Crippen molar-refractivity contribution in [1.82, 2.24) is 4.90 Å². The molecule has 0 atom stereocenters. The van der Waals surface area contributed by atoms with Crippen molar-refractivity contribution in [2.75, 3.05) is 26.2 Å². The van der Waals surface area contributed by atoms with Gasteiger partial charge in [0.1, 0.15) is 23.2 Å². The lowest BCUT2D eigenvalue weighted by molar-refractivity contribution is -0.0221. The van der Waals surface area contributed by atoms with Crippen LogP contribution in [0.3, 0.4) is 0 Å². The minimum atomic E-state index is -0.469. The van der Waals surface area contributed by atoms with E-state index in [2.05, 4.69) is 0 Å². The van der Waals surface area contributed by atoms with E-state index in [1.165, 1.54) is 0 Å². The molecule has 1 aliphatic rings. The third-order valence-electron chi connectivity index (χ3n) is 3.74. The lowest BCUT2D eigenvalue weighted by Crippen LogP contribution is -2.57. The Morgan fingerprint density at radius 3 is 2.36 bits per heavy atom. The van der Waals surface area contributed by atoms with Crippen LogP contribution in [0, 0.1) is 0 Å². The van der Waals surface area contributed by atoms with E-state index in [0.29, 0.717) is 19.7 Å². The summed E-state index contributed by atoms with van der Waals surface area (Å²) < 4.78 is 16.9. The molecule has 6 heteroatoms. The Hall–Kier alpha value is -1.95. The lowest BCUT2D eigenvalue weighted by Gasteiger charge is -2.39. The van der Waals surface area contributed by atoms with Gasteiger partial charge >= 0.3 is 6.09 Å². The minimum Gasteiger partial charge on any atom is -0.494 e. The summed E-state index contributed by atoms with van der Waals surface area (Å²) in [6.45, 7) is 8.12. The summed E-state index contributed by atoms with van der Waals surface area (Å²) in [5, 5.41) is 0. The molecule has 0 unspecified atom stereocenters. The van der Waals surface area contributed by atoms with Crippen LogP contribution in [0.1, 0.15) is 40.0 Å². The molecule has 1 aromatic rings. The van der Waals surface area contributed by atoms with Crippen LogP contribution in [0.25, 0.3) is 0 Å². The number of ether oxygens (including phenoxy) is 3. The van der Waals surface area contributed by atoms with Gasteiger partial charge in [0, 0.05) is 0 Å². The number of hydrogen-bond acceptors (Lipinski definition) is 5. The van der Waals surface area contributed by atoms with E-state index in [0.717, 1.165) is 37.3 Å². The number of hydrogen-bond donors (Lipinski definition) is 1. The molecule has 6 nitrogen and oxygen atoms in total. The average molecular weight is 350 g/mol. The van der Waals surface area contributed by atoms with Gasteiger partial charge in [0.15, 0.2) is 0 Å². The van der Waals surface area contributed by atoms with E-state index < -0.39 is 5.60 Å². The standard InChI is InChI=1S/C19H30N2O4/c1-19(2,3)25-18(22)21-13-17(14-21)24-16-9-7-15(8-10-16)23-12-6-4-5-11-20/h7-10,17H,4-6,11-14,20H2,1-3H3. The number of amides is 1. The van der Waals surface area contributed by atoms with E-state index in [4.69, 9.17) is 19.9 Å². The maximum Gasteiger partial charge on any atom is 0.410 e. The van der Waals surface area contributed by atoms with Gasteiger partial charge in [-0.1, -0.05) is 0 Å². The van der Waals surface area contributed by atoms with Gasteiger partial charge in [0.25, 0.3) is 0 Å². The quantitative estimate of drug-likeness (QED) is 0.729. The highest BCUT2D eigenvalue weighted by Crippen LogP contribution is 2.23. The zero-order chi connectivity index (χ0) is 18.3. The highest BCUT2D eigenvalue weighted by Gasteiger charge is 2.35. The van der Waals surface area contributed by atoms with Crippen LogP contribution in [0.15, 0.2) is 24.3 Å². The molecule has 1 saturated heterocycles. The van der Waals surface area contributed by atoms with Crippen molar-refractivity contribution in [2.24, 2.45) is 5.73 Å². The Labute approximate surface area is 150 Å². The normalized spacial score (nSPS) is 14.8. The molecule has 1 heterocycles. The smallest absolute Gasteiger partial charge is 0.410 e. The van der Waals surface area contributed by atoms with Gasteiger partial charge < -0.3 is 24.8 Å². The summed E-state index contributed by atoms with van der Waals surface area (Å²) in [6.07, 6.45) is 2.87. The van der Waals surface area contributed by atoms with Gasteiger partial charge in [0.2, 0.25) is 0 Å². The molecule has 0 spiro atoms. The number of rotatable bonds is 8. The Morgan fingerprint density at radius 2 is 1.76 bits per heavy atom. The van der Waals surface area contributed by atoms with Gasteiger partial charge in [-0.2, -0.15) is 0 Å². The first kappa shape index (κ1) is 19.4. The fourth-order valence-electron chi connectivity index (χ4n) is 2.41. The highest BCUT2D eigenvalue weighted by atomic mass is 16.6. The molecule has 2 rings (SSSR count). The summed E-state index contributed by atoms with van der Waals surface area (Å²) >= 11 is 0. The molecule has 0 aliphatic carbocycles. The molecule has 25 heavy (non-hydrogen) atoms. The van der Waals surface area contributed by atoms with E-state index in [1.54, 1.807) is 4.90 Å². The number of carbonyl (C=O) groups excluding carboxylic acids is 1. The lowest BCUT2D eigenvalue weighted by atomic mass is 10.1. The van der Waals surface area contributed by atoms with Crippen LogP contribution >= 0.6 is 0 Å². The zero-order valence-corrected chi connectivity index (χ0v) is 15.5. The molecule has 1 aromatic carbocycles. The first-order valence-corrected chi connectivity index (χ1v) is 8.95. The molecule has 2 N–H and O–H groups in total. The maximum absolute atomic E-state index is 11.9. The molecule has 140 valence electrons. The maximum atomic E-state index is 11.9. The van der Waals surface area contributed by atoms with Crippen LogP contribution in [0.2, 0.25) is 0 Å². The van der Waals surface area contributed by atoms with Gasteiger partial charge in [-0.25, -0.2) is 4.79 Å². The fraction of sp³-hybridized carbons (Fsp3) is 0.632. The summed E-state index contributed by atoms with van der Waals surface area (Å²) in [4.78, 5) is 13.5. The molecule has 0 aromatic heterocycles. The first-order chi connectivity index (χ1) is 11.9. The summed E-state index contributed by atoms with van der Waals surface area (Å²) in [7, 11) is 0. The largest absolute Gasteiger partial charge is 0.494 e. The molecule has 1 aliphatic heterocycles. The second kappa shape index (κ2) is 8.94. The van der Waals surface area contributed by atoms with Crippen molar-refractivity contribution < 1.29 is 19.0 Å². The first-order valence-electron chi connectivity index (χ1n) is 8.95. The van der Waals surface area contributed by atoms with Crippen LogP contribution in [-0.4, -0.2) is 48.9 Å². The Bertz CT molecular complexity index is 533. The van der Waals surface area contributed by atoms with Crippen molar-refractivity contribution in [3.05, 3.63) is 24.3 Å². The van der Waals surface area contributed by atoms with Gasteiger partial charge in [-0.3, -0.25) is 0 Å². The summed E-state index contributed by atoms with van der Waals surface area (Å²) in [6, 6.07) is 7.60. The van der Waals surface area contributed by atoms with E-state index >= 15 is 0 Å². The van der Waals surface area contributed by atoms with Crippen LogP contribution < -0.4 is 15.2 Å². The summed E-state index contributed by atoms with van der Waals surface area (Å²) in [5.74, 6) is 1.62. The molecule has 0 radical (unpaired) electrons. The SMILES string of the molecule is CC(C)(C)OC(=O)N1CC(Oc2ccc(OCCCCCN)cc2)C1. The number of carbonyl (C=O) groups is 1. The van der Waals surface area contributed by atoms with Crippen LogP contribution in [0.4, 0.5) is 4.79 Å². The van der Waals surface area contributed by atoms with Crippen molar-refractivity contribution in [2.45, 2.75) is 51.7 Å². The number of likely N-dealkylation sites (tertiary alicyclic amines) is 1. The Balaban J connectivity index is 1.66. The zero-order valence-electron chi connectivity index (χ0n) is 15.5. The van der Waals surface area contributed by atoms with E-state index in [9.17, 15) is 4.79 Å². The molecule has 1 amide bonds. The second-order valence-electron chi connectivity index (χ2n) is 7.29. The highest BCUT2D eigenvalue weighted by molar-refractivity contribution is 5.69. The third kappa shape index (κ3) is 6.82. The fourth-order valence-corrected chi connectivity index (χ4v) is 2.41. The number of nitrogens with two attached hydrogens (primary N) is 1. The molecular formula is C19H30N2O4. The number of unbranched alkanes of at least 4 members (excludes halogenated alkanes) is 2. The van der Waals surface area contributed by atoms with Crippen molar-refractivity contribution in [1.29, 1.82) is 0 Å². The molecule has 0 saturated carbocycles. The number of nitrogens with zero attached hydrogens (tertiary/aromatic N) is 1. The van der Waals surface area contributed by atoms with Crippen LogP contribution in [0.5, 0.6) is 11.5 Å². The predicted molar refractivity (Wildman–Crippen MR) is 97.1 cm³/mol. The molecule has 0 bridgehead atoms. The Kier molecular flexibility index (Phi) is 6.93. The van der Waals surface area contributed by atoms with Crippen molar-refractivity contribution in [3.63, 3.8) is 0 Å². The van der Waals surface area contributed by atoms with Crippen molar-refractivity contribution in [3.8, 4) is 11.5 Å². The topological polar surface area (TPSA) is 74.0 Å². The van der Waals surface area contributed by atoms with Crippen molar-refractivity contribution >= 4 is 6.09 Å². The third-order valence-corrected chi connectivity index (χ3v) is 3.74. The number of benzene rings is 1. The monoisotopic (exact) mass is 350 g/mol. The molecule has 1 fully saturated rings. The van der Waals surface area contributed by atoms with Gasteiger partial charge in [-0.15, -0.1) is 0 Å². The van der Waals surface area contributed by atoms with E-state index in [1.807, 2.05) is 45.0 Å². The molecular weight excluding hydrogens is 320 g/mol. The second-order valence-corrected chi connectivity index (χ2v) is 7.29. The summed E-state index contributed by atoms with van der Waals surface area (Å²) in [5.41, 5.74) is 4.99. The van der Waals surface area contributed by atoms with Crippen LogP contribution in [-0.2, 0) is 4.74 Å². The van der Waals surface area contributed by atoms with Gasteiger partial charge in [-0.05, 0) is 70.8 Å².